The molecule has 0 bridgehead atoms. The summed E-state index contributed by atoms with van der Waals surface area (Å²) in [5.41, 5.74) is 2.03. The molecule has 21 heavy (non-hydrogen) atoms. The van der Waals surface area contributed by atoms with Gasteiger partial charge >= 0.3 is 5.97 Å². The average molecular weight is 285 g/mol. The second-order valence-electron chi connectivity index (χ2n) is 4.45. The Bertz CT molecular complexity index is 694. The number of carbonyl (C=O) groups is 2. The van der Waals surface area contributed by atoms with E-state index in [-0.39, 0.29) is 11.5 Å². The molecule has 1 amide bonds. The van der Waals surface area contributed by atoms with E-state index in [0.29, 0.717) is 17.0 Å². The third-order valence-corrected chi connectivity index (χ3v) is 2.97. The topological polar surface area (TPSA) is 75.6 Å². The first kappa shape index (κ1) is 14.6. The molecule has 0 spiro atoms. The highest BCUT2D eigenvalue weighted by Crippen LogP contribution is 2.35. The first-order valence-corrected chi connectivity index (χ1v) is 6.31. The van der Waals surface area contributed by atoms with E-state index in [1.807, 2.05) is 18.2 Å². The lowest BCUT2D eigenvalue weighted by Gasteiger charge is -2.14. The minimum atomic E-state index is -1.05. The number of methoxy groups -OCH3 is 1. The number of carbonyl (C=O) groups excluding carboxylic acids is 1. The molecule has 0 aliphatic rings. The normalized spacial score (nSPS) is 10.0. The standard InChI is InChI=1S/C16H15NO4/c1-10(18)17-14-9-11(16(19)20)7-8-12(14)13-5-3-4-6-15(13)21-2/h3-9H,1-2H3,(H,17,18)(H,19,20). The van der Waals surface area contributed by atoms with E-state index in [9.17, 15) is 9.59 Å². The summed E-state index contributed by atoms with van der Waals surface area (Å²) in [6.07, 6.45) is 0. The number of hydrogen-bond donors (Lipinski definition) is 2. The average Bonchev–Trinajstić information content (AvgIpc) is 2.46. The SMILES string of the molecule is COc1ccccc1-c1ccc(C(=O)O)cc1NC(C)=O. The van der Waals surface area contributed by atoms with Gasteiger partial charge in [-0.05, 0) is 18.2 Å². The third kappa shape index (κ3) is 3.20. The predicted octanol–water partition coefficient (Wildman–Crippen LogP) is 3.02. The zero-order chi connectivity index (χ0) is 15.4. The maximum absolute atomic E-state index is 11.3. The van der Waals surface area contributed by atoms with Gasteiger partial charge in [-0.25, -0.2) is 4.79 Å². The highest BCUT2D eigenvalue weighted by molar-refractivity contribution is 5.98. The molecule has 2 N–H and O–H groups in total. The van der Waals surface area contributed by atoms with Crippen molar-refractivity contribution in [3.63, 3.8) is 0 Å². The van der Waals surface area contributed by atoms with Crippen LogP contribution in [0.25, 0.3) is 11.1 Å². The van der Waals surface area contributed by atoms with Crippen molar-refractivity contribution in [2.24, 2.45) is 0 Å². The number of amides is 1. The molecule has 0 aromatic heterocycles. The molecule has 2 rings (SSSR count). The highest BCUT2D eigenvalue weighted by atomic mass is 16.5. The number of benzene rings is 2. The second kappa shape index (κ2) is 6.09. The van der Waals surface area contributed by atoms with Crippen molar-refractivity contribution in [2.75, 3.05) is 12.4 Å². The van der Waals surface area contributed by atoms with Gasteiger partial charge < -0.3 is 15.2 Å². The maximum Gasteiger partial charge on any atom is 0.335 e. The Labute approximate surface area is 122 Å². The Hall–Kier alpha value is -2.82. The number of ether oxygens (including phenoxy) is 1. The largest absolute Gasteiger partial charge is 0.496 e. The van der Waals surface area contributed by atoms with Crippen molar-refractivity contribution in [1.82, 2.24) is 0 Å². The molecule has 0 atom stereocenters. The number of rotatable bonds is 4. The van der Waals surface area contributed by atoms with Gasteiger partial charge in [0.2, 0.25) is 5.91 Å². The van der Waals surface area contributed by atoms with Crippen LogP contribution in [0.1, 0.15) is 17.3 Å². The summed E-state index contributed by atoms with van der Waals surface area (Å²) < 4.78 is 5.31. The van der Waals surface area contributed by atoms with Crippen LogP contribution < -0.4 is 10.1 Å². The van der Waals surface area contributed by atoms with E-state index < -0.39 is 5.97 Å². The number of nitrogens with one attached hydrogen (secondary N) is 1. The molecule has 0 aliphatic carbocycles. The summed E-state index contributed by atoms with van der Waals surface area (Å²) >= 11 is 0. The van der Waals surface area contributed by atoms with Crippen LogP contribution in [0, 0.1) is 0 Å². The lowest BCUT2D eigenvalue weighted by atomic mass is 10.0. The monoisotopic (exact) mass is 285 g/mol. The molecular formula is C16H15NO4. The molecule has 5 heteroatoms. The van der Waals surface area contributed by atoms with Crippen LogP contribution in [0.2, 0.25) is 0 Å². The molecule has 0 saturated carbocycles. The van der Waals surface area contributed by atoms with Gasteiger partial charge in [0.05, 0.1) is 12.7 Å². The Morgan fingerprint density at radius 2 is 1.81 bits per heavy atom. The molecule has 108 valence electrons. The van der Waals surface area contributed by atoms with Crippen molar-refractivity contribution in [2.45, 2.75) is 6.92 Å². The fourth-order valence-corrected chi connectivity index (χ4v) is 2.07. The van der Waals surface area contributed by atoms with Gasteiger partial charge in [0.1, 0.15) is 5.75 Å². The molecular weight excluding hydrogens is 270 g/mol. The van der Waals surface area contributed by atoms with Crippen molar-refractivity contribution < 1.29 is 19.4 Å². The molecule has 5 nitrogen and oxygen atoms in total. The molecule has 0 saturated heterocycles. The Balaban J connectivity index is 2.61. The van der Waals surface area contributed by atoms with Crippen LogP contribution in [-0.4, -0.2) is 24.1 Å². The summed E-state index contributed by atoms with van der Waals surface area (Å²) in [6.45, 7) is 1.37. The Morgan fingerprint density at radius 1 is 1.10 bits per heavy atom. The van der Waals surface area contributed by atoms with Gasteiger partial charge in [-0.1, -0.05) is 24.3 Å². The number of anilines is 1. The molecule has 0 fully saturated rings. The second-order valence-corrected chi connectivity index (χ2v) is 4.45. The van der Waals surface area contributed by atoms with Gasteiger partial charge in [-0.15, -0.1) is 0 Å². The van der Waals surface area contributed by atoms with Crippen LogP contribution in [0.4, 0.5) is 5.69 Å². The molecule has 2 aromatic rings. The molecule has 0 unspecified atom stereocenters. The number of hydrogen-bond acceptors (Lipinski definition) is 3. The van der Waals surface area contributed by atoms with Gasteiger partial charge in [-0.3, -0.25) is 4.79 Å². The molecule has 2 aromatic carbocycles. The van der Waals surface area contributed by atoms with Crippen LogP contribution in [0.15, 0.2) is 42.5 Å². The lowest BCUT2D eigenvalue weighted by Crippen LogP contribution is -2.08. The number of aromatic carboxylic acids is 1. The van der Waals surface area contributed by atoms with Crippen molar-refractivity contribution >= 4 is 17.6 Å². The van der Waals surface area contributed by atoms with E-state index >= 15 is 0 Å². The van der Waals surface area contributed by atoms with Crippen molar-refractivity contribution in [1.29, 1.82) is 0 Å². The van der Waals surface area contributed by atoms with Crippen LogP contribution >= 0.6 is 0 Å². The minimum absolute atomic E-state index is 0.109. The van der Waals surface area contributed by atoms with Crippen molar-refractivity contribution in [3.05, 3.63) is 48.0 Å². The smallest absolute Gasteiger partial charge is 0.335 e. The lowest BCUT2D eigenvalue weighted by molar-refractivity contribution is -0.114. The summed E-state index contributed by atoms with van der Waals surface area (Å²) in [5.74, 6) is -0.672. The fraction of sp³-hybridized carbons (Fsp3) is 0.125. The van der Waals surface area contributed by atoms with E-state index in [4.69, 9.17) is 9.84 Å². The van der Waals surface area contributed by atoms with E-state index in [1.54, 1.807) is 19.2 Å². The summed E-state index contributed by atoms with van der Waals surface area (Å²) in [4.78, 5) is 22.4. The molecule has 0 aliphatic heterocycles. The Kier molecular flexibility index (Phi) is 4.23. The number of carboxylic acid groups (broad SMARTS) is 1. The predicted molar refractivity (Wildman–Crippen MR) is 79.7 cm³/mol. The zero-order valence-corrected chi connectivity index (χ0v) is 11.7. The molecule has 0 heterocycles. The van der Waals surface area contributed by atoms with Crippen LogP contribution in [-0.2, 0) is 4.79 Å². The quantitative estimate of drug-likeness (QED) is 0.905. The highest BCUT2D eigenvalue weighted by Gasteiger charge is 2.13. The number of para-hydroxylation sites is 1. The zero-order valence-electron chi connectivity index (χ0n) is 11.7. The molecule has 0 radical (unpaired) electrons. The third-order valence-electron chi connectivity index (χ3n) is 2.97. The van der Waals surface area contributed by atoms with Crippen LogP contribution in [0.3, 0.4) is 0 Å². The maximum atomic E-state index is 11.3. The van der Waals surface area contributed by atoms with E-state index in [0.717, 1.165) is 5.56 Å². The van der Waals surface area contributed by atoms with Gasteiger partial charge in [0, 0.05) is 23.7 Å². The van der Waals surface area contributed by atoms with Crippen LogP contribution in [0.5, 0.6) is 5.75 Å². The first-order valence-electron chi connectivity index (χ1n) is 6.31. The van der Waals surface area contributed by atoms with Crippen molar-refractivity contribution in [3.8, 4) is 16.9 Å². The summed E-state index contributed by atoms with van der Waals surface area (Å²) in [5, 5.41) is 11.7. The van der Waals surface area contributed by atoms with E-state index in [2.05, 4.69) is 5.32 Å². The summed E-state index contributed by atoms with van der Waals surface area (Å²) in [6, 6.07) is 11.9. The Morgan fingerprint density at radius 3 is 2.43 bits per heavy atom. The fourth-order valence-electron chi connectivity index (χ4n) is 2.07. The van der Waals surface area contributed by atoms with E-state index in [1.165, 1.54) is 19.1 Å². The van der Waals surface area contributed by atoms with Gasteiger partial charge in [0.25, 0.3) is 0 Å². The summed E-state index contributed by atoms with van der Waals surface area (Å²) in [7, 11) is 1.56. The first-order chi connectivity index (χ1) is 10.0. The van der Waals surface area contributed by atoms with Gasteiger partial charge in [-0.2, -0.15) is 0 Å². The number of carboxylic acids is 1. The minimum Gasteiger partial charge on any atom is -0.496 e. The van der Waals surface area contributed by atoms with Gasteiger partial charge in [0.15, 0.2) is 0 Å².